The molecule has 7 nitrogen and oxygen atoms in total. The minimum absolute atomic E-state index is 0.0756. The number of carbonyl (C=O) groups is 3. The Kier molecular flexibility index (Phi) is 3.89. The Morgan fingerprint density at radius 2 is 2.05 bits per heavy atom. The van der Waals surface area contributed by atoms with Gasteiger partial charge in [-0.05, 0) is 12.1 Å². The van der Waals surface area contributed by atoms with Gasteiger partial charge in [0, 0.05) is 25.6 Å². The van der Waals surface area contributed by atoms with Crippen molar-refractivity contribution >= 4 is 35.3 Å². The highest BCUT2D eigenvalue weighted by atomic mass is 35.5. The second kappa shape index (κ2) is 5.84. The van der Waals surface area contributed by atoms with Crippen molar-refractivity contribution in [2.75, 3.05) is 31.6 Å². The van der Waals surface area contributed by atoms with Crippen molar-refractivity contribution in [1.29, 1.82) is 0 Å². The summed E-state index contributed by atoms with van der Waals surface area (Å²) in [6.45, 7) is 1.05. The first-order valence-corrected chi connectivity index (χ1v) is 7.20. The molecule has 0 saturated carbocycles. The fourth-order valence-electron chi connectivity index (χ4n) is 2.42. The number of urea groups is 1. The zero-order valence-electron chi connectivity index (χ0n) is 11.6. The number of hydrogen-bond acceptors (Lipinski definition) is 4. The number of likely N-dealkylation sites (tertiary alicyclic amines) is 1. The summed E-state index contributed by atoms with van der Waals surface area (Å²) in [4.78, 5) is 37.5. The maximum Gasteiger partial charge on any atom is 0.417 e. The number of para-hydroxylation sites is 1. The number of halogens is 1. The Morgan fingerprint density at radius 1 is 1.32 bits per heavy atom. The van der Waals surface area contributed by atoms with Gasteiger partial charge in [-0.2, -0.15) is 0 Å². The number of imide groups is 1. The number of cyclic esters (lactones) is 1. The molecule has 22 heavy (non-hydrogen) atoms. The van der Waals surface area contributed by atoms with Crippen LogP contribution < -0.4 is 5.32 Å². The van der Waals surface area contributed by atoms with Crippen LogP contribution in [0.2, 0.25) is 5.02 Å². The third kappa shape index (κ3) is 2.85. The van der Waals surface area contributed by atoms with Crippen LogP contribution in [-0.2, 0) is 9.53 Å². The van der Waals surface area contributed by atoms with Crippen molar-refractivity contribution in [3.8, 4) is 0 Å². The monoisotopic (exact) mass is 323 g/mol. The van der Waals surface area contributed by atoms with Gasteiger partial charge in [0.05, 0.1) is 10.7 Å². The lowest BCUT2D eigenvalue weighted by molar-refractivity contribution is -0.126. The van der Waals surface area contributed by atoms with Crippen molar-refractivity contribution < 1.29 is 19.1 Å². The molecule has 1 aromatic carbocycles. The van der Waals surface area contributed by atoms with E-state index in [0.717, 1.165) is 4.90 Å². The fraction of sp³-hybridized carbons (Fsp3) is 0.357. The van der Waals surface area contributed by atoms with Gasteiger partial charge < -0.3 is 15.0 Å². The van der Waals surface area contributed by atoms with Gasteiger partial charge in [-0.3, -0.25) is 4.79 Å². The van der Waals surface area contributed by atoms with E-state index in [4.69, 9.17) is 11.6 Å². The summed E-state index contributed by atoms with van der Waals surface area (Å²) < 4.78 is 4.64. The molecule has 0 radical (unpaired) electrons. The maximum absolute atomic E-state index is 12.0. The van der Waals surface area contributed by atoms with E-state index in [1.807, 2.05) is 0 Å². The van der Waals surface area contributed by atoms with E-state index < -0.39 is 6.09 Å². The third-order valence-corrected chi connectivity index (χ3v) is 3.97. The van der Waals surface area contributed by atoms with Gasteiger partial charge >= 0.3 is 12.1 Å². The number of ether oxygens (including phenoxy) is 1. The standard InChI is InChI=1S/C14H14ClN3O4/c15-10-3-1-2-4-11(10)16-13(20)17-5-9(6-17)7-18-12(19)8-22-14(18)21/h1-4,9H,5-8H2,(H,16,20). The second-order valence-corrected chi connectivity index (χ2v) is 5.65. The maximum atomic E-state index is 12.0. The molecule has 2 heterocycles. The molecular weight excluding hydrogens is 310 g/mol. The topological polar surface area (TPSA) is 79.0 Å². The summed E-state index contributed by atoms with van der Waals surface area (Å²) >= 11 is 5.98. The number of nitrogens with zero attached hydrogens (tertiary/aromatic N) is 2. The predicted molar refractivity (Wildman–Crippen MR) is 78.6 cm³/mol. The molecule has 2 fully saturated rings. The van der Waals surface area contributed by atoms with Gasteiger partial charge in [-0.25, -0.2) is 14.5 Å². The highest BCUT2D eigenvalue weighted by molar-refractivity contribution is 6.33. The molecule has 1 N–H and O–H groups in total. The van der Waals surface area contributed by atoms with Crippen LogP contribution in [-0.4, -0.2) is 54.1 Å². The van der Waals surface area contributed by atoms with E-state index in [0.29, 0.717) is 23.8 Å². The first-order chi connectivity index (χ1) is 10.5. The third-order valence-electron chi connectivity index (χ3n) is 3.64. The van der Waals surface area contributed by atoms with E-state index in [-0.39, 0.29) is 31.0 Å². The van der Waals surface area contributed by atoms with Crippen LogP contribution in [0.25, 0.3) is 0 Å². The molecule has 2 aliphatic heterocycles. The van der Waals surface area contributed by atoms with Crippen LogP contribution in [0.1, 0.15) is 0 Å². The van der Waals surface area contributed by atoms with E-state index in [1.54, 1.807) is 29.2 Å². The Hall–Kier alpha value is -2.28. The number of benzene rings is 1. The number of anilines is 1. The van der Waals surface area contributed by atoms with Crippen molar-refractivity contribution in [2.24, 2.45) is 5.92 Å². The number of rotatable bonds is 3. The number of hydrogen-bond donors (Lipinski definition) is 1. The Bertz CT molecular complexity index is 614. The van der Waals surface area contributed by atoms with E-state index >= 15 is 0 Å². The summed E-state index contributed by atoms with van der Waals surface area (Å²) in [6.07, 6.45) is -0.607. The molecule has 116 valence electrons. The van der Waals surface area contributed by atoms with Crippen molar-refractivity contribution in [1.82, 2.24) is 9.80 Å². The van der Waals surface area contributed by atoms with Crippen LogP contribution in [0.15, 0.2) is 24.3 Å². The highest BCUT2D eigenvalue weighted by Crippen LogP contribution is 2.23. The van der Waals surface area contributed by atoms with Crippen molar-refractivity contribution in [3.63, 3.8) is 0 Å². The summed E-state index contributed by atoms with van der Waals surface area (Å²) in [5, 5.41) is 3.20. The van der Waals surface area contributed by atoms with Crippen molar-refractivity contribution in [3.05, 3.63) is 29.3 Å². The summed E-state index contributed by atoms with van der Waals surface area (Å²) in [5.74, 6) is -0.254. The van der Waals surface area contributed by atoms with Gasteiger partial charge in [-0.15, -0.1) is 0 Å². The molecule has 8 heteroatoms. The minimum Gasteiger partial charge on any atom is -0.439 e. The zero-order valence-corrected chi connectivity index (χ0v) is 12.4. The Balaban J connectivity index is 1.49. The Labute approximate surface area is 131 Å². The smallest absolute Gasteiger partial charge is 0.417 e. The van der Waals surface area contributed by atoms with Gasteiger partial charge in [0.2, 0.25) is 0 Å². The van der Waals surface area contributed by atoms with E-state index in [1.165, 1.54) is 0 Å². The normalized spacial score (nSPS) is 18.2. The average molecular weight is 324 g/mol. The molecule has 0 unspecified atom stereocenters. The minimum atomic E-state index is -0.607. The molecule has 0 aromatic heterocycles. The number of amides is 4. The van der Waals surface area contributed by atoms with Crippen molar-refractivity contribution in [2.45, 2.75) is 0 Å². The molecule has 2 saturated heterocycles. The van der Waals surface area contributed by atoms with Crippen LogP contribution in [0.4, 0.5) is 15.3 Å². The highest BCUT2D eigenvalue weighted by Gasteiger charge is 2.38. The van der Waals surface area contributed by atoms with E-state index in [9.17, 15) is 14.4 Å². The van der Waals surface area contributed by atoms with Crippen LogP contribution >= 0.6 is 11.6 Å². The second-order valence-electron chi connectivity index (χ2n) is 5.24. The largest absolute Gasteiger partial charge is 0.439 e. The molecular formula is C14H14ClN3O4. The number of carbonyl (C=O) groups excluding carboxylic acids is 3. The van der Waals surface area contributed by atoms with Crippen LogP contribution in [0, 0.1) is 5.92 Å². The first-order valence-electron chi connectivity index (χ1n) is 6.82. The number of nitrogens with one attached hydrogen (secondary N) is 1. The van der Waals surface area contributed by atoms with Gasteiger partial charge in [-0.1, -0.05) is 23.7 Å². The zero-order chi connectivity index (χ0) is 15.7. The molecule has 4 amide bonds. The van der Waals surface area contributed by atoms with E-state index in [2.05, 4.69) is 10.1 Å². The SMILES string of the molecule is O=C(Nc1ccccc1Cl)N1CC(CN2C(=O)COC2=O)C1. The molecule has 3 rings (SSSR count). The lowest BCUT2D eigenvalue weighted by atomic mass is 10.0. The van der Waals surface area contributed by atoms with Gasteiger partial charge in [0.15, 0.2) is 6.61 Å². The lowest BCUT2D eigenvalue weighted by Gasteiger charge is -2.40. The molecule has 2 aliphatic rings. The van der Waals surface area contributed by atoms with Gasteiger partial charge in [0.1, 0.15) is 0 Å². The average Bonchev–Trinajstić information content (AvgIpc) is 2.75. The molecule has 1 aromatic rings. The Morgan fingerprint density at radius 3 is 2.68 bits per heavy atom. The molecule has 0 bridgehead atoms. The fourth-order valence-corrected chi connectivity index (χ4v) is 2.61. The van der Waals surface area contributed by atoms with Gasteiger partial charge in [0.25, 0.3) is 5.91 Å². The molecule has 0 aliphatic carbocycles. The summed E-state index contributed by atoms with van der Waals surface area (Å²) in [5.41, 5.74) is 0.552. The first kappa shape index (κ1) is 14.6. The summed E-state index contributed by atoms with van der Waals surface area (Å²) in [6, 6.07) is 6.73. The predicted octanol–water partition coefficient (Wildman–Crippen LogP) is 1.78. The molecule has 0 atom stereocenters. The van der Waals surface area contributed by atoms with Crippen LogP contribution in [0.5, 0.6) is 0 Å². The van der Waals surface area contributed by atoms with Crippen LogP contribution in [0.3, 0.4) is 0 Å². The lowest BCUT2D eigenvalue weighted by Crippen LogP contribution is -2.55. The quantitative estimate of drug-likeness (QED) is 0.919. The summed E-state index contributed by atoms with van der Waals surface area (Å²) in [7, 11) is 0. The molecule has 0 spiro atoms.